The monoisotopic (exact) mass is 171 g/mol. The van der Waals surface area contributed by atoms with Gasteiger partial charge in [-0.3, -0.25) is 4.79 Å². The predicted octanol–water partition coefficient (Wildman–Crippen LogP) is 0.696. The standard InChI is InChI=1S/C9H17NO2/c1-4-5-8(11)9(12)10-6-7(2)3/h4,7-8,11H,1,5-6H2,2-3H3,(H,10,12)/t8-/m1/s1. The first-order chi connectivity index (χ1) is 5.57. The Hall–Kier alpha value is -0.830. The Morgan fingerprint density at radius 1 is 1.67 bits per heavy atom. The number of aliphatic hydroxyl groups excluding tert-OH is 1. The van der Waals surface area contributed by atoms with Gasteiger partial charge in [-0.2, -0.15) is 0 Å². The summed E-state index contributed by atoms with van der Waals surface area (Å²) >= 11 is 0. The van der Waals surface area contributed by atoms with Gasteiger partial charge in [0.1, 0.15) is 6.10 Å². The minimum absolute atomic E-state index is 0.309. The Labute approximate surface area is 73.5 Å². The van der Waals surface area contributed by atoms with Crippen molar-refractivity contribution in [2.75, 3.05) is 6.54 Å². The Balaban J connectivity index is 3.63. The van der Waals surface area contributed by atoms with Crippen molar-refractivity contribution in [3.05, 3.63) is 12.7 Å². The first-order valence-electron chi connectivity index (χ1n) is 4.14. The lowest BCUT2D eigenvalue weighted by Crippen LogP contribution is -2.36. The molecule has 3 nitrogen and oxygen atoms in total. The van der Waals surface area contributed by atoms with Crippen molar-refractivity contribution >= 4 is 5.91 Å². The fourth-order valence-electron chi connectivity index (χ4n) is 0.687. The molecule has 0 rings (SSSR count). The van der Waals surface area contributed by atoms with E-state index >= 15 is 0 Å². The second kappa shape index (κ2) is 5.77. The summed E-state index contributed by atoms with van der Waals surface area (Å²) < 4.78 is 0. The molecule has 0 radical (unpaired) electrons. The average molecular weight is 171 g/mol. The van der Waals surface area contributed by atoms with Crippen molar-refractivity contribution in [3.8, 4) is 0 Å². The highest BCUT2D eigenvalue weighted by atomic mass is 16.3. The molecule has 2 N–H and O–H groups in total. The Bertz CT molecular complexity index is 155. The Kier molecular flexibility index (Phi) is 5.37. The first kappa shape index (κ1) is 11.2. The van der Waals surface area contributed by atoms with Crippen LogP contribution in [0.2, 0.25) is 0 Å². The zero-order valence-electron chi connectivity index (χ0n) is 7.71. The van der Waals surface area contributed by atoms with E-state index in [9.17, 15) is 4.79 Å². The number of aliphatic hydroxyl groups is 1. The predicted molar refractivity (Wildman–Crippen MR) is 48.7 cm³/mol. The summed E-state index contributed by atoms with van der Waals surface area (Å²) in [6.07, 6.45) is 0.894. The van der Waals surface area contributed by atoms with E-state index in [1.165, 1.54) is 6.08 Å². The summed E-state index contributed by atoms with van der Waals surface area (Å²) in [5, 5.41) is 11.8. The van der Waals surface area contributed by atoms with Crippen LogP contribution in [-0.4, -0.2) is 23.7 Å². The smallest absolute Gasteiger partial charge is 0.249 e. The van der Waals surface area contributed by atoms with Crippen LogP contribution in [-0.2, 0) is 4.79 Å². The van der Waals surface area contributed by atoms with Crippen molar-refractivity contribution < 1.29 is 9.90 Å². The molecule has 0 unspecified atom stereocenters. The molecule has 1 amide bonds. The van der Waals surface area contributed by atoms with Crippen LogP contribution in [0.25, 0.3) is 0 Å². The molecule has 0 aromatic carbocycles. The molecule has 0 bridgehead atoms. The van der Waals surface area contributed by atoms with Crippen LogP contribution in [0.15, 0.2) is 12.7 Å². The molecule has 12 heavy (non-hydrogen) atoms. The molecule has 0 fully saturated rings. The number of carbonyl (C=O) groups excluding carboxylic acids is 1. The van der Waals surface area contributed by atoms with E-state index in [1.807, 2.05) is 13.8 Å². The van der Waals surface area contributed by atoms with Crippen LogP contribution in [0.4, 0.5) is 0 Å². The van der Waals surface area contributed by atoms with Crippen LogP contribution < -0.4 is 5.32 Å². The lowest BCUT2D eigenvalue weighted by molar-refractivity contribution is -0.129. The van der Waals surface area contributed by atoms with Crippen LogP contribution in [0, 0.1) is 5.92 Å². The van der Waals surface area contributed by atoms with Gasteiger partial charge in [0, 0.05) is 13.0 Å². The molecular weight excluding hydrogens is 154 g/mol. The quantitative estimate of drug-likeness (QED) is 0.598. The molecule has 0 aromatic rings. The van der Waals surface area contributed by atoms with Gasteiger partial charge in [0.05, 0.1) is 0 Å². The third-order valence-electron chi connectivity index (χ3n) is 1.38. The molecule has 0 spiro atoms. The Morgan fingerprint density at radius 3 is 2.67 bits per heavy atom. The number of carbonyl (C=O) groups is 1. The van der Waals surface area contributed by atoms with Gasteiger partial charge in [0.25, 0.3) is 0 Å². The van der Waals surface area contributed by atoms with Crippen LogP contribution in [0.1, 0.15) is 20.3 Å². The molecule has 0 saturated heterocycles. The second-order valence-corrected chi connectivity index (χ2v) is 3.18. The van der Waals surface area contributed by atoms with Crippen LogP contribution >= 0.6 is 0 Å². The highest BCUT2D eigenvalue weighted by Gasteiger charge is 2.12. The van der Waals surface area contributed by atoms with Gasteiger partial charge in [-0.15, -0.1) is 6.58 Å². The molecule has 0 aromatic heterocycles. The fourth-order valence-corrected chi connectivity index (χ4v) is 0.687. The van der Waals surface area contributed by atoms with Crippen LogP contribution in [0.5, 0.6) is 0 Å². The minimum Gasteiger partial charge on any atom is -0.383 e. The minimum atomic E-state index is -0.943. The van der Waals surface area contributed by atoms with Crippen molar-refractivity contribution in [2.45, 2.75) is 26.4 Å². The maximum atomic E-state index is 11.0. The topological polar surface area (TPSA) is 49.3 Å². The molecule has 0 heterocycles. The van der Waals surface area contributed by atoms with Crippen molar-refractivity contribution in [1.29, 1.82) is 0 Å². The van der Waals surface area contributed by atoms with Crippen molar-refractivity contribution in [1.82, 2.24) is 5.32 Å². The van der Waals surface area contributed by atoms with Gasteiger partial charge in [-0.25, -0.2) is 0 Å². The number of hydrogen-bond donors (Lipinski definition) is 2. The maximum absolute atomic E-state index is 11.0. The number of hydrogen-bond acceptors (Lipinski definition) is 2. The molecule has 70 valence electrons. The molecule has 0 saturated carbocycles. The van der Waals surface area contributed by atoms with E-state index in [0.29, 0.717) is 18.9 Å². The molecule has 0 aliphatic rings. The van der Waals surface area contributed by atoms with Gasteiger partial charge >= 0.3 is 0 Å². The molecule has 3 heteroatoms. The fraction of sp³-hybridized carbons (Fsp3) is 0.667. The summed E-state index contributed by atoms with van der Waals surface area (Å²) in [7, 11) is 0. The first-order valence-corrected chi connectivity index (χ1v) is 4.14. The zero-order chi connectivity index (χ0) is 9.56. The zero-order valence-corrected chi connectivity index (χ0v) is 7.71. The third kappa shape index (κ3) is 4.91. The van der Waals surface area contributed by atoms with Crippen LogP contribution in [0.3, 0.4) is 0 Å². The van der Waals surface area contributed by atoms with Crippen molar-refractivity contribution in [2.24, 2.45) is 5.92 Å². The summed E-state index contributed by atoms with van der Waals surface area (Å²) in [6.45, 7) is 8.04. The highest BCUT2D eigenvalue weighted by Crippen LogP contribution is 1.93. The Morgan fingerprint density at radius 2 is 2.25 bits per heavy atom. The summed E-state index contributed by atoms with van der Waals surface area (Å²) in [5.74, 6) is 0.0912. The SMILES string of the molecule is C=CC[C@@H](O)C(=O)NCC(C)C. The van der Waals surface area contributed by atoms with E-state index in [2.05, 4.69) is 11.9 Å². The van der Waals surface area contributed by atoms with Gasteiger partial charge in [0.15, 0.2) is 0 Å². The number of rotatable bonds is 5. The van der Waals surface area contributed by atoms with E-state index < -0.39 is 6.10 Å². The normalized spacial score (nSPS) is 12.7. The second-order valence-electron chi connectivity index (χ2n) is 3.18. The maximum Gasteiger partial charge on any atom is 0.249 e. The summed E-state index contributed by atoms with van der Waals surface area (Å²) in [6, 6.07) is 0. The lowest BCUT2D eigenvalue weighted by Gasteiger charge is -2.10. The number of nitrogens with one attached hydrogen (secondary N) is 1. The average Bonchev–Trinajstić information content (AvgIpc) is 2.00. The molecule has 0 aliphatic carbocycles. The van der Waals surface area contributed by atoms with Gasteiger partial charge in [-0.05, 0) is 5.92 Å². The van der Waals surface area contributed by atoms with Gasteiger partial charge in [0.2, 0.25) is 5.91 Å². The molecule has 1 atom stereocenters. The van der Waals surface area contributed by atoms with E-state index in [0.717, 1.165) is 0 Å². The number of amides is 1. The lowest BCUT2D eigenvalue weighted by atomic mass is 10.2. The molecular formula is C9H17NO2. The van der Waals surface area contributed by atoms with E-state index in [-0.39, 0.29) is 5.91 Å². The summed E-state index contributed by atoms with van der Waals surface area (Å²) in [4.78, 5) is 11.0. The van der Waals surface area contributed by atoms with E-state index in [1.54, 1.807) is 0 Å². The largest absolute Gasteiger partial charge is 0.383 e. The van der Waals surface area contributed by atoms with Gasteiger partial charge in [-0.1, -0.05) is 19.9 Å². The highest BCUT2D eigenvalue weighted by molar-refractivity contribution is 5.80. The molecule has 0 aliphatic heterocycles. The van der Waals surface area contributed by atoms with E-state index in [4.69, 9.17) is 5.11 Å². The van der Waals surface area contributed by atoms with Gasteiger partial charge < -0.3 is 10.4 Å². The van der Waals surface area contributed by atoms with Crippen molar-refractivity contribution in [3.63, 3.8) is 0 Å². The summed E-state index contributed by atoms with van der Waals surface area (Å²) in [5.41, 5.74) is 0. The third-order valence-corrected chi connectivity index (χ3v) is 1.38.